The van der Waals surface area contributed by atoms with Crippen molar-refractivity contribution in [3.63, 3.8) is 0 Å². The van der Waals surface area contributed by atoms with Crippen molar-refractivity contribution in [2.75, 3.05) is 6.54 Å². The van der Waals surface area contributed by atoms with Crippen molar-refractivity contribution in [2.24, 2.45) is 13.0 Å². The predicted octanol–water partition coefficient (Wildman–Crippen LogP) is 2.72. The van der Waals surface area contributed by atoms with E-state index in [2.05, 4.69) is 36.0 Å². The summed E-state index contributed by atoms with van der Waals surface area (Å²) in [6.07, 6.45) is 3.16. The van der Waals surface area contributed by atoms with Gasteiger partial charge in [0.2, 0.25) is 5.91 Å². The average Bonchev–Trinajstić information content (AvgIpc) is 2.60. The van der Waals surface area contributed by atoms with Crippen LogP contribution >= 0.6 is 0 Å². The first-order valence-electron chi connectivity index (χ1n) is 6.92. The minimum absolute atomic E-state index is 0.0720. The number of aryl methyl sites for hydroxylation is 1. The van der Waals surface area contributed by atoms with Crippen LogP contribution < -0.4 is 0 Å². The van der Waals surface area contributed by atoms with Crippen molar-refractivity contribution >= 4 is 16.8 Å². The monoisotopic (exact) mass is 256 g/mol. The second-order valence-corrected chi connectivity index (χ2v) is 5.74. The first-order valence-corrected chi connectivity index (χ1v) is 6.92. The molecule has 0 bridgehead atoms. The molecule has 3 heteroatoms. The highest BCUT2D eigenvalue weighted by Crippen LogP contribution is 2.29. The Morgan fingerprint density at radius 2 is 2.05 bits per heavy atom. The molecule has 0 unspecified atom stereocenters. The molecule has 0 radical (unpaired) electrons. The van der Waals surface area contributed by atoms with Gasteiger partial charge in [-0.25, -0.2) is 0 Å². The van der Waals surface area contributed by atoms with Gasteiger partial charge in [-0.2, -0.15) is 0 Å². The normalized spacial score (nSPS) is 15.1. The predicted molar refractivity (Wildman–Crippen MR) is 76.9 cm³/mol. The van der Waals surface area contributed by atoms with E-state index in [0.29, 0.717) is 0 Å². The molecule has 1 aromatic carbocycles. The minimum atomic E-state index is 0.0720. The zero-order valence-electron chi connectivity index (χ0n) is 11.8. The molecule has 3 rings (SSSR count). The number of aromatic nitrogens is 1. The van der Waals surface area contributed by atoms with Gasteiger partial charge in [0.15, 0.2) is 0 Å². The van der Waals surface area contributed by atoms with E-state index in [-0.39, 0.29) is 11.8 Å². The van der Waals surface area contributed by atoms with Gasteiger partial charge in [0.1, 0.15) is 0 Å². The quantitative estimate of drug-likeness (QED) is 0.770. The van der Waals surface area contributed by atoms with Crippen LogP contribution in [0.15, 0.2) is 24.4 Å². The van der Waals surface area contributed by atoms with Crippen LogP contribution in [0.5, 0.6) is 0 Å². The average molecular weight is 256 g/mol. The maximum absolute atomic E-state index is 12.2. The van der Waals surface area contributed by atoms with Crippen molar-refractivity contribution in [2.45, 2.75) is 26.8 Å². The standard InChI is InChI=1S/C16H20N2O/c1-11(2)16(19)18-8-7-13-9-17(3)14-6-4-5-12(10-18)15(13)14/h4-6,9,11H,7-8,10H2,1-3H3. The molecule has 0 saturated carbocycles. The van der Waals surface area contributed by atoms with Gasteiger partial charge in [0.05, 0.1) is 0 Å². The molecule has 100 valence electrons. The van der Waals surface area contributed by atoms with Crippen LogP contribution in [0.2, 0.25) is 0 Å². The Morgan fingerprint density at radius 3 is 2.79 bits per heavy atom. The lowest BCUT2D eigenvalue weighted by Crippen LogP contribution is -2.34. The highest BCUT2D eigenvalue weighted by molar-refractivity contribution is 5.88. The van der Waals surface area contributed by atoms with Crippen LogP contribution in [0.3, 0.4) is 0 Å². The van der Waals surface area contributed by atoms with Gasteiger partial charge >= 0.3 is 0 Å². The van der Waals surface area contributed by atoms with Crippen LogP contribution in [0.1, 0.15) is 25.0 Å². The van der Waals surface area contributed by atoms with E-state index in [1.165, 1.54) is 22.0 Å². The van der Waals surface area contributed by atoms with E-state index < -0.39 is 0 Å². The lowest BCUT2D eigenvalue weighted by molar-refractivity contribution is -0.135. The number of nitrogens with zero attached hydrogens (tertiary/aromatic N) is 2. The number of benzene rings is 1. The molecule has 0 N–H and O–H groups in total. The first-order chi connectivity index (χ1) is 9.08. The summed E-state index contributed by atoms with van der Waals surface area (Å²) in [5.41, 5.74) is 3.91. The summed E-state index contributed by atoms with van der Waals surface area (Å²) in [5, 5.41) is 1.35. The van der Waals surface area contributed by atoms with Crippen LogP contribution in [-0.2, 0) is 24.8 Å². The van der Waals surface area contributed by atoms with Gasteiger partial charge in [0.25, 0.3) is 0 Å². The summed E-state index contributed by atoms with van der Waals surface area (Å²) in [5.74, 6) is 0.328. The van der Waals surface area contributed by atoms with Crippen LogP contribution in [-0.4, -0.2) is 21.9 Å². The fraction of sp³-hybridized carbons (Fsp3) is 0.438. The summed E-state index contributed by atoms with van der Waals surface area (Å²) in [6.45, 7) is 5.51. The molecular weight excluding hydrogens is 236 g/mol. The largest absolute Gasteiger partial charge is 0.350 e. The van der Waals surface area contributed by atoms with Gasteiger partial charge in [0, 0.05) is 43.2 Å². The van der Waals surface area contributed by atoms with Gasteiger partial charge in [-0.1, -0.05) is 26.0 Å². The van der Waals surface area contributed by atoms with Gasteiger partial charge in [-0.15, -0.1) is 0 Å². The van der Waals surface area contributed by atoms with E-state index in [1.54, 1.807) is 0 Å². The molecule has 1 aromatic heterocycles. The smallest absolute Gasteiger partial charge is 0.225 e. The molecule has 2 aromatic rings. The number of carbonyl (C=O) groups is 1. The third-order valence-corrected chi connectivity index (χ3v) is 4.00. The number of carbonyl (C=O) groups excluding carboxylic acids is 1. The van der Waals surface area contributed by atoms with Crippen molar-refractivity contribution in [1.29, 1.82) is 0 Å². The maximum atomic E-state index is 12.2. The number of hydrogen-bond acceptors (Lipinski definition) is 1. The Balaban J connectivity index is 2.07. The summed E-state index contributed by atoms with van der Waals surface area (Å²) < 4.78 is 2.19. The van der Waals surface area contributed by atoms with Crippen molar-refractivity contribution in [3.05, 3.63) is 35.5 Å². The molecule has 0 spiro atoms. The number of rotatable bonds is 1. The lowest BCUT2D eigenvalue weighted by Gasteiger charge is -2.23. The highest BCUT2D eigenvalue weighted by Gasteiger charge is 2.23. The van der Waals surface area contributed by atoms with E-state index in [0.717, 1.165) is 19.5 Å². The Kier molecular flexibility index (Phi) is 2.85. The third-order valence-electron chi connectivity index (χ3n) is 4.00. The molecule has 19 heavy (non-hydrogen) atoms. The Hall–Kier alpha value is -1.77. The Bertz CT molecular complexity index is 639. The molecule has 0 fully saturated rings. The molecule has 1 aliphatic heterocycles. The Morgan fingerprint density at radius 1 is 1.26 bits per heavy atom. The molecule has 0 aliphatic carbocycles. The van der Waals surface area contributed by atoms with Gasteiger partial charge in [-0.3, -0.25) is 4.79 Å². The molecule has 3 nitrogen and oxygen atoms in total. The molecule has 2 heterocycles. The second kappa shape index (κ2) is 4.41. The molecule has 0 saturated heterocycles. The zero-order chi connectivity index (χ0) is 13.6. The summed E-state index contributed by atoms with van der Waals surface area (Å²) in [7, 11) is 2.09. The van der Waals surface area contributed by atoms with Crippen LogP contribution in [0, 0.1) is 5.92 Å². The minimum Gasteiger partial charge on any atom is -0.350 e. The molecular formula is C16H20N2O. The number of hydrogen-bond donors (Lipinski definition) is 0. The summed E-state index contributed by atoms with van der Waals surface area (Å²) in [4.78, 5) is 14.2. The first kappa shape index (κ1) is 12.3. The van der Waals surface area contributed by atoms with Gasteiger partial charge < -0.3 is 9.47 Å². The fourth-order valence-electron chi connectivity index (χ4n) is 3.03. The van der Waals surface area contributed by atoms with E-state index in [1.807, 2.05) is 18.7 Å². The second-order valence-electron chi connectivity index (χ2n) is 5.74. The lowest BCUT2D eigenvalue weighted by atomic mass is 10.1. The van der Waals surface area contributed by atoms with Gasteiger partial charge in [-0.05, 0) is 23.6 Å². The SMILES string of the molecule is CC(C)C(=O)N1CCc2cn(C)c3cccc(c23)C1. The van der Waals surface area contributed by atoms with E-state index in [4.69, 9.17) is 0 Å². The van der Waals surface area contributed by atoms with Crippen LogP contribution in [0.25, 0.3) is 10.9 Å². The number of amides is 1. The van der Waals surface area contributed by atoms with E-state index in [9.17, 15) is 4.79 Å². The van der Waals surface area contributed by atoms with Crippen LogP contribution in [0.4, 0.5) is 0 Å². The third kappa shape index (κ3) is 1.93. The van der Waals surface area contributed by atoms with Crippen molar-refractivity contribution in [3.8, 4) is 0 Å². The maximum Gasteiger partial charge on any atom is 0.225 e. The molecule has 1 aliphatic rings. The van der Waals surface area contributed by atoms with Crippen molar-refractivity contribution < 1.29 is 4.79 Å². The van der Waals surface area contributed by atoms with Crippen molar-refractivity contribution in [1.82, 2.24) is 9.47 Å². The fourth-order valence-corrected chi connectivity index (χ4v) is 3.03. The summed E-state index contributed by atoms with van der Waals surface area (Å²) in [6, 6.07) is 6.39. The zero-order valence-corrected chi connectivity index (χ0v) is 11.8. The Labute approximate surface area is 113 Å². The highest BCUT2D eigenvalue weighted by atomic mass is 16.2. The molecule has 0 atom stereocenters. The topological polar surface area (TPSA) is 25.2 Å². The molecule has 1 amide bonds. The summed E-state index contributed by atoms with van der Waals surface area (Å²) >= 11 is 0. The van der Waals surface area contributed by atoms with E-state index >= 15 is 0 Å².